The van der Waals surface area contributed by atoms with Crippen LogP contribution in [-0.2, 0) is 11.2 Å². The molecule has 20 heavy (non-hydrogen) atoms. The van der Waals surface area contributed by atoms with E-state index in [1.807, 2.05) is 12.1 Å². The van der Waals surface area contributed by atoms with Crippen LogP contribution < -0.4 is 14.8 Å². The predicted molar refractivity (Wildman–Crippen MR) is 77.5 cm³/mol. The summed E-state index contributed by atoms with van der Waals surface area (Å²) in [5.74, 6) is 2.40. The van der Waals surface area contributed by atoms with Gasteiger partial charge in [0.25, 0.3) is 0 Å². The van der Waals surface area contributed by atoms with Crippen LogP contribution in [0.4, 0.5) is 0 Å². The molecule has 0 unspecified atom stereocenters. The first kappa shape index (κ1) is 13.7. The number of nitrogens with one attached hydrogen (secondary N) is 1. The Hall–Kier alpha value is -1.26. The maximum absolute atomic E-state index is 5.87. The van der Waals surface area contributed by atoms with Gasteiger partial charge < -0.3 is 19.5 Å². The monoisotopic (exact) mass is 277 g/mol. The molecule has 0 amide bonds. The van der Waals surface area contributed by atoms with Crippen LogP contribution in [0.15, 0.2) is 18.2 Å². The van der Waals surface area contributed by atoms with E-state index >= 15 is 0 Å². The molecule has 1 atom stereocenters. The van der Waals surface area contributed by atoms with Gasteiger partial charge in [0.15, 0.2) is 0 Å². The van der Waals surface area contributed by atoms with E-state index in [0.717, 1.165) is 57.1 Å². The molecule has 4 heteroatoms. The van der Waals surface area contributed by atoms with Gasteiger partial charge in [-0.25, -0.2) is 0 Å². The molecular formula is C16H23NO3. The van der Waals surface area contributed by atoms with E-state index in [9.17, 15) is 0 Å². The molecule has 0 aliphatic carbocycles. The topological polar surface area (TPSA) is 39.7 Å². The smallest absolute Gasteiger partial charge is 0.126 e. The number of hydrogen-bond acceptors (Lipinski definition) is 4. The molecule has 1 fully saturated rings. The summed E-state index contributed by atoms with van der Waals surface area (Å²) in [5.41, 5.74) is 1.29. The van der Waals surface area contributed by atoms with Crippen LogP contribution in [0.3, 0.4) is 0 Å². The van der Waals surface area contributed by atoms with Gasteiger partial charge in [0.05, 0.1) is 13.7 Å². The number of ether oxygens (including phenoxy) is 3. The average Bonchev–Trinajstić information content (AvgIpc) is 2.53. The minimum Gasteiger partial charge on any atom is -0.497 e. The van der Waals surface area contributed by atoms with Crippen LogP contribution in [0.25, 0.3) is 0 Å². The quantitative estimate of drug-likeness (QED) is 0.914. The summed E-state index contributed by atoms with van der Waals surface area (Å²) in [5, 5.41) is 3.66. The average molecular weight is 277 g/mol. The maximum Gasteiger partial charge on any atom is 0.126 e. The summed E-state index contributed by atoms with van der Waals surface area (Å²) >= 11 is 0. The SMILES string of the molecule is COc1ccc2c(c1)OC[C@@H](CNC1CCOCC1)C2. The van der Waals surface area contributed by atoms with Gasteiger partial charge in [0.1, 0.15) is 11.5 Å². The highest BCUT2D eigenvalue weighted by Gasteiger charge is 2.22. The van der Waals surface area contributed by atoms with E-state index in [2.05, 4.69) is 11.4 Å². The van der Waals surface area contributed by atoms with Gasteiger partial charge in [-0.3, -0.25) is 0 Å². The molecule has 3 rings (SSSR count). The molecule has 0 radical (unpaired) electrons. The fraction of sp³-hybridized carbons (Fsp3) is 0.625. The molecule has 2 aliphatic rings. The number of rotatable bonds is 4. The minimum absolute atomic E-state index is 0.554. The van der Waals surface area contributed by atoms with Crippen LogP contribution in [0.5, 0.6) is 11.5 Å². The summed E-state index contributed by atoms with van der Waals surface area (Å²) in [6.07, 6.45) is 3.33. The third kappa shape index (κ3) is 3.25. The molecule has 0 saturated carbocycles. The van der Waals surface area contributed by atoms with Crippen LogP contribution in [0, 0.1) is 5.92 Å². The molecule has 1 aromatic carbocycles. The number of fused-ring (bicyclic) bond motifs is 1. The van der Waals surface area contributed by atoms with Crippen molar-refractivity contribution in [3.63, 3.8) is 0 Å². The lowest BCUT2D eigenvalue weighted by atomic mass is 9.96. The Kier molecular flexibility index (Phi) is 4.43. The van der Waals surface area contributed by atoms with E-state index in [4.69, 9.17) is 14.2 Å². The largest absolute Gasteiger partial charge is 0.497 e. The fourth-order valence-corrected chi connectivity index (χ4v) is 2.91. The van der Waals surface area contributed by atoms with Crippen molar-refractivity contribution in [1.29, 1.82) is 0 Å². The molecule has 2 aliphatic heterocycles. The number of benzene rings is 1. The van der Waals surface area contributed by atoms with Gasteiger partial charge >= 0.3 is 0 Å². The summed E-state index contributed by atoms with van der Waals surface area (Å²) in [6.45, 7) is 3.59. The standard InChI is InChI=1S/C16H23NO3/c1-18-15-3-2-13-8-12(11-20-16(13)9-15)10-17-14-4-6-19-7-5-14/h2-3,9,12,14,17H,4-8,10-11H2,1H3/t12-/m1/s1. The third-order valence-corrected chi connectivity index (χ3v) is 4.17. The first-order valence-electron chi connectivity index (χ1n) is 7.46. The predicted octanol–water partition coefficient (Wildman–Crippen LogP) is 2.01. The van der Waals surface area contributed by atoms with Crippen molar-refractivity contribution in [2.75, 3.05) is 33.5 Å². The molecule has 1 saturated heterocycles. The Balaban J connectivity index is 1.53. The highest BCUT2D eigenvalue weighted by Crippen LogP contribution is 2.30. The highest BCUT2D eigenvalue weighted by atomic mass is 16.5. The lowest BCUT2D eigenvalue weighted by Gasteiger charge is -2.29. The van der Waals surface area contributed by atoms with Crippen molar-refractivity contribution in [3.05, 3.63) is 23.8 Å². The van der Waals surface area contributed by atoms with E-state index in [-0.39, 0.29) is 0 Å². The second-order valence-electron chi connectivity index (χ2n) is 5.65. The van der Waals surface area contributed by atoms with Crippen molar-refractivity contribution >= 4 is 0 Å². The Morgan fingerprint density at radius 1 is 1.30 bits per heavy atom. The molecule has 0 aromatic heterocycles. The number of hydrogen-bond donors (Lipinski definition) is 1. The fourth-order valence-electron chi connectivity index (χ4n) is 2.91. The van der Waals surface area contributed by atoms with Gasteiger partial charge in [-0.15, -0.1) is 0 Å². The normalized spacial score (nSPS) is 22.9. The lowest BCUT2D eigenvalue weighted by molar-refractivity contribution is 0.0756. The molecule has 4 nitrogen and oxygen atoms in total. The molecule has 0 spiro atoms. The maximum atomic E-state index is 5.87. The van der Waals surface area contributed by atoms with Crippen LogP contribution in [0.1, 0.15) is 18.4 Å². The van der Waals surface area contributed by atoms with Crippen molar-refractivity contribution in [3.8, 4) is 11.5 Å². The second kappa shape index (κ2) is 6.46. The van der Waals surface area contributed by atoms with Crippen LogP contribution >= 0.6 is 0 Å². The Morgan fingerprint density at radius 3 is 2.95 bits per heavy atom. The zero-order valence-electron chi connectivity index (χ0n) is 12.1. The second-order valence-corrected chi connectivity index (χ2v) is 5.65. The van der Waals surface area contributed by atoms with E-state index in [1.165, 1.54) is 5.56 Å². The zero-order chi connectivity index (χ0) is 13.8. The Bertz CT molecular complexity index is 443. The van der Waals surface area contributed by atoms with Crippen LogP contribution in [0.2, 0.25) is 0 Å². The van der Waals surface area contributed by atoms with Crippen molar-refractivity contribution in [1.82, 2.24) is 5.32 Å². The van der Waals surface area contributed by atoms with Gasteiger partial charge in [-0.1, -0.05) is 6.07 Å². The molecule has 1 aromatic rings. The summed E-state index contributed by atoms with van der Waals surface area (Å²) in [7, 11) is 1.69. The molecule has 110 valence electrons. The van der Waals surface area contributed by atoms with Crippen molar-refractivity contribution < 1.29 is 14.2 Å². The van der Waals surface area contributed by atoms with Crippen molar-refractivity contribution in [2.45, 2.75) is 25.3 Å². The lowest BCUT2D eigenvalue weighted by Crippen LogP contribution is -2.40. The summed E-state index contributed by atoms with van der Waals surface area (Å²) in [4.78, 5) is 0. The van der Waals surface area contributed by atoms with Gasteiger partial charge in [-0.05, 0) is 30.9 Å². The first-order valence-corrected chi connectivity index (χ1v) is 7.46. The first-order chi connectivity index (χ1) is 9.85. The highest BCUT2D eigenvalue weighted by molar-refractivity contribution is 5.42. The molecular weight excluding hydrogens is 254 g/mol. The van der Waals surface area contributed by atoms with Gasteiger partial charge in [0, 0.05) is 37.8 Å². The Morgan fingerprint density at radius 2 is 2.15 bits per heavy atom. The minimum atomic E-state index is 0.554. The summed E-state index contributed by atoms with van der Waals surface area (Å²) in [6, 6.07) is 6.73. The van der Waals surface area contributed by atoms with Gasteiger partial charge in [-0.2, -0.15) is 0 Å². The van der Waals surface area contributed by atoms with Crippen LogP contribution in [-0.4, -0.2) is 39.5 Å². The summed E-state index contributed by atoms with van der Waals surface area (Å²) < 4.78 is 16.5. The van der Waals surface area contributed by atoms with Gasteiger partial charge in [0.2, 0.25) is 0 Å². The Labute approximate surface area is 120 Å². The third-order valence-electron chi connectivity index (χ3n) is 4.17. The molecule has 0 bridgehead atoms. The molecule has 1 N–H and O–H groups in total. The van der Waals surface area contributed by atoms with E-state index in [1.54, 1.807) is 7.11 Å². The zero-order valence-corrected chi connectivity index (χ0v) is 12.1. The van der Waals surface area contributed by atoms with E-state index in [0.29, 0.717) is 12.0 Å². The molecule has 2 heterocycles. The van der Waals surface area contributed by atoms with E-state index < -0.39 is 0 Å². The van der Waals surface area contributed by atoms with Crippen molar-refractivity contribution in [2.24, 2.45) is 5.92 Å². The number of methoxy groups -OCH3 is 1.